The van der Waals surface area contributed by atoms with Gasteiger partial charge in [-0.05, 0) is 85.9 Å². The van der Waals surface area contributed by atoms with Crippen molar-refractivity contribution in [3.8, 4) is 5.75 Å². The van der Waals surface area contributed by atoms with Gasteiger partial charge in [-0.2, -0.15) is 26.3 Å². The van der Waals surface area contributed by atoms with Crippen LogP contribution in [-0.2, 0) is 11.0 Å². The van der Waals surface area contributed by atoms with Crippen molar-refractivity contribution in [3.05, 3.63) is 41.5 Å². The number of piperidine rings is 1. The van der Waals surface area contributed by atoms with Crippen molar-refractivity contribution in [3.63, 3.8) is 0 Å². The Morgan fingerprint density at radius 2 is 1.76 bits per heavy atom. The summed E-state index contributed by atoms with van der Waals surface area (Å²) in [5.41, 5.74) is -0.0460. The topological polar surface area (TPSA) is 49.8 Å². The molecule has 1 saturated carbocycles. The molecule has 210 valence electrons. The maximum Gasteiger partial charge on any atom is 0.420 e. The number of alkyl halides is 6. The second-order valence-corrected chi connectivity index (χ2v) is 10.6. The highest BCUT2D eigenvalue weighted by Crippen LogP contribution is 2.44. The average Bonchev–Trinajstić information content (AvgIpc) is 2.83. The molecule has 0 spiro atoms. The number of carboxylic acids is 1. The second-order valence-electron chi connectivity index (χ2n) is 10.6. The maximum absolute atomic E-state index is 14.2. The van der Waals surface area contributed by atoms with E-state index in [1.807, 2.05) is 6.92 Å². The predicted octanol–water partition coefficient (Wildman–Crippen LogP) is 8.00. The molecule has 0 aromatic heterocycles. The highest BCUT2D eigenvalue weighted by Gasteiger charge is 2.43. The molecule has 0 radical (unpaired) electrons. The summed E-state index contributed by atoms with van der Waals surface area (Å²) < 4.78 is 87.3. The van der Waals surface area contributed by atoms with Crippen LogP contribution in [0.2, 0.25) is 0 Å². The van der Waals surface area contributed by atoms with Gasteiger partial charge in [0.15, 0.2) is 0 Å². The molecule has 2 fully saturated rings. The predicted molar refractivity (Wildman–Crippen MR) is 131 cm³/mol. The summed E-state index contributed by atoms with van der Waals surface area (Å²) in [6.45, 7) is 3.42. The smallest absolute Gasteiger partial charge is 0.420 e. The molecule has 0 bridgehead atoms. The van der Waals surface area contributed by atoms with Crippen LogP contribution in [0.4, 0.5) is 26.3 Å². The van der Waals surface area contributed by atoms with E-state index in [-0.39, 0.29) is 55.2 Å². The van der Waals surface area contributed by atoms with E-state index in [4.69, 9.17) is 4.74 Å². The molecule has 1 saturated heterocycles. The molecule has 1 heterocycles. The fraction of sp³-hybridized carbons (Fsp3) is 0.607. The second kappa shape index (κ2) is 11.3. The molecule has 10 heteroatoms. The summed E-state index contributed by atoms with van der Waals surface area (Å²) in [6.07, 6.45) is -7.40. The van der Waals surface area contributed by atoms with Gasteiger partial charge in [-0.3, -0.25) is 9.69 Å². The first-order valence-electron chi connectivity index (χ1n) is 13.2. The van der Waals surface area contributed by atoms with E-state index >= 15 is 0 Å². The van der Waals surface area contributed by atoms with E-state index in [0.717, 1.165) is 31.4 Å². The number of nitrogens with zero attached hydrogens (tertiary/aromatic N) is 1. The Hall–Kier alpha value is -2.49. The van der Waals surface area contributed by atoms with E-state index in [2.05, 4.69) is 4.90 Å². The third-order valence-corrected chi connectivity index (χ3v) is 7.95. The number of rotatable bonds is 7. The number of hydrogen-bond acceptors (Lipinski definition) is 3. The van der Waals surface area contributed by atoms with Crippen molar-refractivity contribution in [2.75, 3.05) is 13.1 Å². The van der Waals surface area contributed by atoms with E-state index in [9.17, 15) is 36.2 Å². The van der Waals surface area contributed by atoms with Gasteiger partial charge in [-0.25, -0.2) is 0 Å². The number of benzene rings is 2. The van der Waals surface area contributed by atoms with Gasteiger partial charge >= 0.3 is 18.3 Å². The summed E-state index contributed by atoms with van der Waals surface area (Å²) >= 11 is 0. The summed E-state index contributed by atoms with van der Waals surface area (Å²) in [6, 6.07) is 7.67. The molecule has 2 aliphatic rings. The largest absolute Gasteiger partial charge is 0.490 e. The van der Waals surface area contributed by atoms with E-state index in [1.54, 1.807) is 18.2 Å². The Labute approximate surface area is 217 Å². The Kier molecular flexibility index (Phi) is 8.49. The molecule has 2 atom stereocenters. The molecule has 4 nitrogen and oxygen atoms in total. The first-order valence-corrected chi connectivity index (χ1v) is 13.2. The molecule has 1 aliphatic carbocycles. The van der Waals surface area contributed by atoms with Crippen molar-refractivity contribution in [1.29, 1.82) is 0 Å². The zero-order chi connectivity index (χ0) is 27.7. The Morgan fingerprint density at radius 3 is 2.37 bits per heavy atom. The number of likely N-dealkylation sites (tertiary alicyclic amines) is 1. The Morgan fingerprint density at radius 1 is 1.05 bits per heavy atom. The van der Waals surface area contributed by atoms with Crippen LogP contribution in [0, 0.1) is 11.8 Å². The van der Waals surface area contributed by atoms with Gasteiger partial charge < -0.3 is 9.84 Å². The monoisotopic (exact) mass is 545 g/mol. The van der Waals surface area contributed by atoms with Crippen molar-refractivity contribution in [2.45, 2.75) is 82.8 Å². The molecule has 4 rings (SSSR count). The summed E-state index contributed by atoms with van der Waals surface area (Å²) in [7, 11) is 0. The van der Waals surface area contributed by atoms with Gasteiger partial charge in [0.1, 0.15) is 11.3 Å². The number of carboxylic acid groups (broad SMARTS) is 1. The van der Waals surface area contributed by atoms with E-state index < -0.39 is 35.9 Å². The first-order chi connectivity index (χ1) is 17.9. The molecule has 2 aromatic carbocycles. The van der Waals surface area contributed by atoms with Crippen LogP contribution in [-0.4, -0.2) is 41.3 Å². The molecule has 0 unspecified atom stereocenters. The van der Waals surface area contributed by atoms with Crippen LogP contribution >= 0.6 is 0 Å². The minimum atomic E-state index is -4.71. The van der Waals surface area contributed by atoms with Gasteiger partial charge in [0.05, 0.1) is 12.0 Å². The molecule has 0 amide bonds. The Balaban J connectivity index is 1.58. The van der Waals surface area contributed by atoms with Crippen molar-refractivity contribution in [2.24, 2.45) is 11.8 Å². The van der Waals surface area contributed by atoms with Crippen molar-refractivity contribution < 1.29 is 41.0 Å². The number of hydrogen-bond donors (Lipinski definition) is 1. The lowest BCUT2D eigenvalue weighted by atomic mass is 9.87. The van der Waals surface area contributed by atoms with Crippen LogP contribution in [0.5, 0.6) is 5.75 Å². The SMILES string of the molecule is CC[C@H](c1ccc2c(C(F)(F)F)c(O[C@H]3CC[C@@H](C(F)(F)F)CC3)ccc2c1)N1CCC[C@H](CC(=O)O)C1. The van der Waals surface area contributed by atoms with Gasteiger partial charge in [-0.15, -0.1) is 0 Å². The lowest BCUT2D eigenvalue weighted by Crippen LogP contribution is -2.38. The third-order valence-electron chi connectivity index (χ3n) is 7.95. The maximum atomic E-state index is 14.2. The highest BCUT2D eigenvalue weighted by atomic mass is 19.4. The van der Waals surface area contributed by atoms with Gasteiger partial charge in [-0.1, -0.05) is 25.1 Å². The van der Waals surface area contributed by atoms with Crippen LogP contribution in [0.1, 0.15) is 75.5 Å². The fourth-order valence-electron chi connectivity index (χ4n) is 6.11. The van der Waals surface area contributed by atoms with Gasteiger partial charge in [0, 0.05) is 19.0 Å². The van der Waals surface area contributed by atoms with E-state index in [1.165, 1.54) is 12.1 Å². The minimum absolute atomic E-state index is 0.0139. The zero-order valence-corrected chi connectivity index (χ0v) is 21.2. The zero-order valence-electron chi connectivity index (χ0n) is 21.2. The molecule has 1 N–H and O–H groups in total. The quantitative estimate of drug-likeness (QED) is 0.358. The van der Waals surface area contributed by atoms with Crippen molar-refractivity contribution in [1.82, 2.24) is 4.90 Å². The number of fused-ring (bicyclic) bond motifs is 1. The summed E-state index contributed by atoms with van der Waals surface area (Å²) in [5, 5.41) is 9.57. The standard InChI is InChI=1S/C28H33F6NO3/c1-2-23(35-13-3-4-17(16-35)14-25(36)37)19-5-11-22-18(15-19)6-12-24(26(22)28(32,33)34)38-21-9-7-20(8-10-21)27(29,30)31/h5-6,11-12,15,17,20-21,23H,2-4,7-10,13-14,16H2,1H3,(H,36,37)/t17-,20-,21+,23-/m1/s1. The van der Waals surface area contributed by atoms with Gasteiger partial charge in [0.2, 0.25) is 0 Å². The van der Waals surface area contributed by atoms with Crippen LogP contribution < -0.4 is 4.74 Å². The normalized spacial score (nSPS) is 24.3. The lowest BCUT2D eigenvalue weighted by molar-refractivity contribution is -0.185. The highest BCUT2D eigenvalue weighted by molar-refractivity contribution is 5.89. The number of aliphatic carboxylic acids is 1. The number of carbonyl (C=O) groups is 1. The third kappa shape index (κ3) is 6.55. The summed E-state index contributed by atoms with van der Waals surface area (Å²) in [4.78, 5) is 13.4. The Bertz CT molecular complexity index is 1120. The van der Waals surface area contributed by atoms with Crippen LogP contribution in [0.15, 0.2) is 30.3 Å². The van der Waals surface area contributed by atoms with Gasteiger partial charge in [0.25, 0.3) is 0 Å². The van der Waals surface area contributed by atoms with Crippen LogP contribution in [0.3, 0.4) is 0 Å². The first kappa shape index (κ1) is 28.5. The minimum Gasteiger partial charge on any atom is -0.490 e. The summed E-state index contributed by atoms with van der Waals surface area (Å²) in [5.74, 6) is -2.58. The number of ether oxygens (including phenoxy) is 1. The molecular formula is C28H33F6NO3. The fourth-order valence-corrected chi connectivity index (χ4v) is 6.11. The van der Waals surface area contributed by atoms with Crippen molar-refractivity contribution >= 4 is 16.7 Å². The molecule has 1 aliphatic heterocycles. The molecular weight excluding hydrogens is 512 g/mol. The average molecular weight is 546 g/mol. The lowest BCUT2D eigenvalue weighted by Gasteiger charge is -2.38. The van der Waals surface area contributed by atoms with E-state index in [0.29, 0.717) is 11.9 Å². The number of halogens is 6. The molecule has 2 aromatic rings. The molecule has 38 heavy (non-hydrogen) atoms. The van der Waals surface area contributed by atoms with Crippen LogP contribution in [0.25, 0.3) is 10.8 Å².